The summed E-state index contributed by atoms with van der Waals surface area (Å²) in [5.74, 6) is 0. The highest BCUT2D eigenvalue weighted by Gasteiger charge is 2.04. The average Bonchev–Trinajstić information content (AvgIpc) is 2.42. The Balaban J connectivity index is 2.06. The third-order valence-corrected chi connectivity index (χ3v) is 3.60. The Kier molecular flexibility index (Phi) is 3.25. The number of pyridine rings is 1. The van der Waals surface area contributed by atoms with Crippen molar-refractivity contribution in [3.63, 3.8) is 0 Å². The van der Waals surface area contributed by atoms with Gasteiger partial charge < -0.3 is 11.1 Å². The fourth-order valence-electron chi connectivity index (χ4n) is 2.00. The van der Waals surface area contributed by atoms with Gasteiger partial charge in [0.25, 0.3) is 0 Å². The van der Waals surface area contributed by atoms with E-state index in [0.717, 1.165) is 31.5 Å². The minimum Gasteiger partial charge on any atom is -0.397 e. The zero-order chi connectivity index (χ0) is 13.2. The van der Waals surface area contributed by atoms with Crippen molar-refractivity contribution in [3.8, 4) is 0 Å². The molecule has 0 saturated heterocycles. The summed E-state index contributed by atoms with van der Waals surface area (Å²) < 4.78 is 1.13. The SMILES string of the molecule is Nc1cc(I)ccc1Nc1cccc2ncccc12. The van der Waals surface area contributed by atoms with E-state index in [4.69, 9.17) is 5.73 Å². The number of nitrogen functional groups attached to an aromatic ring is 1. The summed E-state index contributed by atoms with van der Waals surface area (Å²) in [5, 5.41) is 4.46. The predicted octanol–water partition coefficient (Wildman–Crippen LogP) is 4.17. The highest BCUT2D eigenvalue weighted by atomic mass is 127. The molecule has 0 aliphatic heterocycles. The highest BCUT2D eigenvalue weighted by molar-refractivity contribution is 14.1. The molecule has 0 atom stereocenters. The van der Waals surface area contributed by atoms with E-state index in [-0.39, 0.29) is 0 Å². The van der Waals surface area contributed by atoms with Crippen molar-refractivity contribution >= 4 is 50.6 Å². The number of halogens is 1. The molecule has 3 N–H and O–H groups in total. The van der Waals surface area contributed by atoms with Crippen molar-refractivity contribution in [1.29, 1.82) is 0 Å². The monoisotopic (exact) mass is 361 g/mol. The Morgan fingerprint density at radius 1 is 1.00 bits per heavy atom. The Hall–Kier alpha value is -1.82. The molecule has 0 spiro atoms. The number of hydrogen-bond donors (Lipinski definition) is 2. The molecule has 1 heterocycles. The molecule has 3 rings (SSSR count). The third kappa shape index (κ3) is 2.49. The fourth-order valence-corrected chi connectivity index (χ4v) is 2.52. The standard InChI is InChI=1S/C15H12IN3/c16-10-6-7-15(12(17)9-10)19-14-5-1-4-13-11(14)3-2-8-18-13/h1-9,19H,17H2. The Morgan fingerprint density at radius 2 is 1.89 bits per heavy atom. The van der Waals surface area contributed by atoms with Crippen LogP contribution in [0.5, 0.6) is 0 Å². The van der Waals surface area contributed by atoms with Gasteiger partial charge in [0.15, 0.2) is 0 Å². The van der Waals surface area contributed by atoms with E-state index in [0.29, 0.717) is 0 Å². The summed E-state index contributed by atoms with van der Waals surface area (Å²) in [6, 6.07) is 16.0. The van der Waals surface area contributed by atoms with Gasteiger partial charge >= 0.3 is 0 Å². The van der Waals surface area contributed by atoms with Crippen LogP contribution < -0.4 is 11.1 Å². The minimum atomic E-state index is 0.743. The van der Waals surface area contributed by atoms with Crippen molar-refractivity contribution in [2.75, 3.05) is 11.1 Å². The zero-order valence-corrected chi connectivity index (χ0v) is 12.3. The molecule has 19 heavy (non-hydrogen) atoms. The second-order valence-electron chi connectivity index (χ2n) is 4.23. The van der Waals surface area contributed by atoms with Crippen LogP contribution in [0.3, 0.4) is 0 Å². The maximum absolute atomic E-state index is 6.03. The van der Waals surface area contributed by atoms with Gasteiger partial charge in [0.2, 0.25) is 0 Å². The van der Waals surface area contributed by atoms with Crippen LogP contribution in [0.15, 0.2) is 54.7 Å². The third-order valence-electron chi connectivity index (χ3n) is 2.93. The average molecular weight is 361 g/mol. The molecule has 0 fully saturated rings. The van der Waals surface area contributed by atoms with Crippen molar-refractivity contribution in [3.05, 3.63) is 58.3 Å². The van der Waals surface area contributed by atoms with Gasteiger partial charge in [0, 0.05) is 20.8 Å². The molecule has 0 aliphatic rings. The molecule has 0 amide bonds. The Bertz CT molecular complexity index is 735. The van der Waals surface area contributed by atoms with Gasteiger partial charge in [-0.3, -0.25) is 4.98 Å². The number of rotatable bonds is 2. The first-order valence-electron chi connectivity index (χ1n) is 5.90. The van der Waals surface area contributed by atoms with Crippen molar-refractivity contribution in [1.82, 2.24) is 4.98 Å². The van der Waals surface area contributed by atoms with Gasteiger partial charge in [0.05, 0.1) is 16.9 Å². The lowest BCUT2D eigenvalue weighted by atomic mass is 10.1. The van der Waals surface area contributed by atoms with Crippen LogP contribution in [0.1, 0.15) is 0 Å². The number of aromatic nitrogens is 1. The second-order valence-corrected chi connectivity index (χ2v) is 5.48. The molecule has 0 aliphatic carbocycles. The fraction of sp³-hybridized carbons (Fsp3) is 0. The van der Waals surface area contributed by atoms with Crippen LogP contribution >= 0.6 is 22.6 Å². The van der Waals surface area contributed by atoms with E-state index in [1.54, 1.807) is 6.20 Å². The van der Waals surface area contributed by atoms with Gasteiger partial charge in [-0.05, 0) is 65.1 Å². The highest BCUT2D eigenvalue weighted by Crippen LogP contribution is 2.28. The maximum atomic E-state index is 6.03. The van der Waals surface area contributed by atoms with Gasteiger partial charge in [-0.2, -0.15) is 0 Å². The number of nitrogens with two attached hydrogens (primary N) is 1. The van der Waals surface area contributed by atoms with Crippen LogP contribution in [0.4, 0.5) is 17.1 Å². The van der Waals surface area contributed by atoms with E-state index in [1.165, 1.54) is 0 Å². The van der Waals surface area contributed by atoms with Crippen molar-refractivity contribution < 1.29 is 0 Å². The summed E-state index contributed by atoms with van der Waals surface area (Å²) in [7, 11) is 0. The predicted molar refractivity (Wildman–Crippen MR) is 88.6 cm³/mol. The topological polar surface area (TPSA) is 50.9 Å². The van der Waals surface area contributed by atoms with E-state index in [2.05, 4.69) is 32.9 Å². The van der Waals surface area contributed by atoms with Crippen molar-refractivity contribution in [2.24, 2.45) is 0 Å². The molecule has 4 heteroatoms. The van der Waals surface area contributed by atoms with E-state index >= 15 is 0 Å². The number of nitrogens with zero attached hydrogens (tertiary/aromatic N) is 1. The Labute approximate surface area is 125 Å². The summed E-state index contributed by atoms with van der Waals surface area (Å²) in [4.78, 5) is 4.35. The van der Waals surface area contributed by atoms with Crippen LogP contribution in [0.2, 0.25) is 0 Å². The van der Waals surface area contributed by atoms with Crippen LogP contribution in [-0.4, -0.2) is 4.98 Å². The largest absolute Gasteiger partial charge is 0.397 e. The van der Waals surface area contributed by atoms with Gasteiger partial charge in [0.1, 0.15) is 0 Å². The molecule has 1 aromatic heterocycles. The molecule has 94 valence electrons. The number of fused-ring (bicyclic) bond motifs is 1. The summed E-state index contributed by atoms with van der Waals surface area (Å²) in [5.41, 5.74) is 9.67. The number of hydrogen-bond acceptors (Lipinski definition) is 3. The van der Waals surface area contributed by atoms with E-state index < -0.39 is 0 Å². The second kappa shape index (κ2) is 5.05. The zero-order valence-electron chi connectivity index (χ0n) is 10.1. The van der Waals surface area contributed by atoms with Gasteiger partial charge in [-0.25, -0.2) is 0 Å². The van der Waals surface area contributed by atoms with Gasteiger partial charge in [-0.1, -0.05) is 6.07 Å². The number of anilines is 3. The van der Waals surface area contributed by atoms with Crippen LogP contribution in [0, 0.1) is 3.57 Å². The molecule has 2 aromatic carbocycles. The molecule has 0 radical (unpaired) electrons. The number of benzene rings is 2. The molecule has 0 bridgehead atoms. The minimum absolute atomic E-state index is 0.743. The first kappa shape index (κ1) is 12.2. The lowest BCUT2D eigenvalue weighted by Crippen LogP contribution is -1.97. The summed E-state index contributed by atoms with van der Waals surface area (Å²) in [6.45, 7) is 0. The van der Waals surface area contributed by atoms with Crippen molar-refractivity contribution in [2.45, 2.75) is 0 Å². The number of nitrogens with one attached hydrogen (secondary N) is 1. The quantitative estimate of drug-likeness (QED) is 0.532. The molecule has 3 nitrogen and oxygen atoms in total. The van der Waals surface area contributed by atoms with E-state index in [1.807, 2.05) is 48.5 Å². The van der Waals surface area contributed by atoms with E-state index in [9.17, 15) is 0 Å². The van der Waals surface area contributed by atoms with Crippen LogP contribution in [-0.2, 0) is 0 Å². The lowest BCUT2D eigenvalue weighted by molar-refractivity contribution is 1.41. The molecular formula is C15H12IN3. The molecule has 0 saturated carbocycles. The first-order valence-corrected chi connectivity index (χ1v) is 6.98. The Morgan fingerprint density at radius 3 is 2.74 bits per heavy atom. The van der Waals surface area contributed by atoms with Crippen LogP contribution in [0.25, 0.3) is 10.9 Å². The first-order chi connectivity index (χ1) is 9.24. The van der Waals surface area contributed by atoms with Gasteiger partial charge in [-0.15, -0.1) is 0 Å². The molecule has 3 aromatic rings. The molecule has 0 unspecified atom stereocenters. The molecular weight excluding hydrogens is 349 g/mol. The summed E-state index contributed by atoms with van der Waals surface area (Å²) in [6.07, 6.45) is 1.80. The normalized spacial score (nSPS) is 10.6. The summed E-state index contributed by atoms with van der Waals surface area (Å²) >= 11 is 2.25. The maximum Gasteiger partial charge on any atom is 0.0722 e. The smallest absolute Gasteiger partial charge is 0.0722 e. The lowest BCUT2D eigenvalue weighted by Gasteiger charge is -2.11.